The normalized spacial score (nSPS) is 16.2. The van der Waals surface area contributed by atoms with Gasteiger partial charge in [0.1, 0.15) is 18.1 Å². The van der Waals surface area contributed by atoms with E-state index >= 15 is 0 Å². The van der Waals surface area contributed by atoms with Crippen LogP contribution in [-0.4, -0.2) is 25.8 Å². The van der Waals surface area contributed by atoms with Gasteiger partial charge in [-0.05, 0) is 50.1 Å². The lowest BCUT2D eigenvalue weighted by Gasteiger charge is -2.25. The minimum absolute atomic E-state index is 0.106. The van der Waals surface area contributed by atoms with Crippen LogP contribution in [0.15, 0.2) is 36.1 Å². The van der Waals surface area contributed by atoms with Crippen molar-refractivity contribution in [1.82, 2.24) is 5.32 Å². The van der Waals surface area contributed by atoms with E-state index in [1.165, 1.54) is 0 Å². The van der Waals surface area contributed by atoms with E-state index in [0.29, 0.717) is 11.6 Å². The molecule has 0 fully saturated rings. The fourth-order valence-electron chi connectivity index (χ4n) is 2.12. The van der Waals surface area contributed by atoms with Crippen LogP contribution >= 0.6 is 11.6 Å². The first kappa shape index (κ1) is 15.2. The van der Waals surface area contributed by atoms with E-state index in [1.807, 2.05) is 24.3 Å². The smallest absolute Gasteiger partial charge is 0.120 e. The van der Waals surface area contributed by atoms with Crippen molar-refractivity contribution in [2.75, 3.05) is 19.8 Å². The quantitative estimate of drug-likeness (QED) is 0.830. The molecule has 1 aromatic carbocycles. The topological polar surface area (TPSA) is 30.5 Å². The number of hydrogen-bond acceptors (Lipinski definition) is 3. The van der Waals surface area contributed by atoms with Gasteiger partial charge in [0.2, 0.25) is 0 Å². The molecule has 1 aliphatic rings. The maximum absolute atomic E-state index is 5.96. The van der Waals surface area contributed by atoms with Gasteiger partial charge in [-0.2, -0.15) is 0 Å². The maximum atomic E-state index is 5.96. The van der Waals surface area contributed by atoms with Gasteiger partial charge in [-0.1, -0.05) is 24.6 Å². The van der Waals surface area contributed by atoms with Crippen molar-refractivity contribution in [3.63, 3.8) is 0 Å². The molecule has 1 heterocycles. The van der Waals surface area contributed by atoms with E-state index in [2.05, 4.69) is 18.3 Å². The van der Waals surface area contributed by atoms with E-state index in [0.717, 1.165) is 43.9 Å². The third-order valence-corrected chi connectivity index (χ3v) is 3.39. The number of rotatable bonds is 7. The summed E-state index contributed by atoms with van der Waals surface area (Å²) in [6.07, 6.45) is 5.43. The van der Waals surface area contributed by atoms with Crippen LogP contribution in [0.3, 0.4) is 0 Å². The molecule has 0 aromatic heterocycles. The Morgan fingerprint density at radius 1 is 1.45 bits per heavy atom. The van der Waals surface area contributed by atoms with E-state index in [9.17, 15) is 0 Å². The molecule has 0 aliphatic carbocycles. The predicted molar refractivity (Wildman–Crippen MR) is 82.3 cm³/mol. The summed E-state index contributed by atoms with van der Waals surface area (Å²) >= 11 is 5.96. The average molecular weight is 296 g/mol. The number of nitrogens with one attached hydrogen (secondary N) is 1. The minimum Gasteiger partial charge on any atom is -0.496 e. The molecule has 0 saturated heterocycles. The molecule has 3 nitrogen and oxygen atoms in total. The van der Waals surface area contributed by atoms with Crippen molar-refractivity contribution in [2.45, 2.75) is 32.2 Å². The maximum Gasteiger partial charge on any atom is 0.120 e. The summed E-state index contributed by atoms with van der Waals surface area (Å²) in [6.45, 7) is 4.45. The third kappa shape index (κ3) is 4.73. The molecule has 2 rings (SSSR count). The van der Waals surface area contributed by atoms with Gasteiger partial charge >= 0.3 is 0 Å². The summed E-state index contributed by atoms with van der Waals surface area (Å²) in [6, 6.07) is 7.58. The Morgan fingerprint density at radius 3 is 3.05 bits per heavy atom. The van der Waals surface area contributed by atoms with Crippen LogP contribution in [0.25, 0.3) is 0 Å². The van der Waals surface area contributed by atoms with Crippen molar-refractivity contribution in [3.05, 3.63) is 41.1 Å². The zero-order chi connectivity index (χ0) is 14.2. The lowest BCUT2D eigenvalue weighted by atomic mass is 10.1. The Bertz CT molecular complexity index is 448. The van der Waals surface area contributed by atoms with Gasteiger partial charge in [0, 0.05) is 5.02 Å². The second kappa shape index (κ2) is 8.18. The van der Waals surface area contributed by atoms with Gasteiger partial charge in [-0.25, -0.2) is 0 Å². The number of ether oxygens (including phenoxy) is 2. The Labute approximate surface area is 125 Å². The molecule has 0 saturated carbocycles. The van der Waals surface area contributed by atoms with E-state index in [-0.39, 0.29) is 6.04 Å². The van der Waals surface area contributed by atoms with Crippen molar-refractivity contribution < 1.29 is 9.47 Å². The van der Waals surface area contributed by atoms with Crippen LogP contribution in [0, 0.1) is 0 Å². The molecule has 0 amide bonds. The molecule has 20 heavy (non-hydrogen) atoms. The van der Waals surface area contributed by atoms with Crippen molar-refractivity contribution >= 4 is 11.6 Å². The fraction of sp³-hybridized carbons (Fsp3) is 0.500. The van der Waals surface area contributed by atoms with Crippen LogP contribution in [0.1, 0.15) is 26.2 Å². The summed E-state index contributed by atoms with van der Waals surface area (Å²) in [5.74, 6) is 1.80. The Balaban J connectivity index is 1.94. The minimum atomic E-state index is 0.106. The molecule has 1 unspecified atom stereocenters. The second-order valence-corrected chi connectivity index (χ2v) is 5.31. The van der Waals surface area contributed by atoms with Gasteiger partial charge in [0.15, 0.2) is 0 Å². The van der Waals surface area contributed by atoms with Crippen molar-refractivity contribution in [2.24, 2.45) is 0 Å². The fourth-order valence-corrected chi connectivity index (χ4v) is 2.30. The highest BCUT2D eigenvalue weighted by molar-refractivity contribution is 6.30. The third-order valence-electron chi connectivity index (χ3n) is 3.16. The molecular formula is C16H22ClNO2. The highest BCUT2D eigenvalue weighted by Gasteiger charge is 2.18. The number of hydrogen-bond donors (Lipinski definition) is 1. The molecule has 1 N–H and O–H groups in total. The molecule has 0 radical (unpaired) electrons. The second-order valence-electron chi connectivity index (χ2n) is 4.87. The molecule has 1 aromatic rings. The molecule has 1 aliphatic heterocycles. The summed E-state index contributed by atoms with van der Waals surface area (Å²) < 4.78 is 11.6. The lowest BCUT2D eigenvalue weighted by molar-refractivity contribution is 0.147. The standard InChI is InChI=1S/C16H22ClNO2/c1-2-9-18-15(16-8-3-4-10-19-16)12-20-14-7-5-6-13(17)11-14/h5-8,11,15,18H,2-4,9-10,12H2,1H3. The van der Waals surface area contributed by atoms with Crippen molar-refractivity contribution in [1.29, 1.82) is 0 Å². The monoisotopic (exact) mass is 295 g/mol. The average Bonchev–Trinajstić information content (AvgIpc) is 2.48. The Morgan fingerprint density at radius 2 is 2.35 bits per heavy atom. The van der Waals surface area contributed by atoms with E-state index in [4.69, 9.17) is 21.1 Å². The van der Waals surface area contributed by atoms with Gasteiger partial charge in [0.25, 0.3) is 0 Å². The zero-order valence-corrected chi connectivity index (χ0v) is 12.7. The summed E-state index contributed by atoms with van der Waals surface area (Å²) in [5.41, 5.74) is 0. The highest BCUT2D eigenvalue weighted by Crippen LogP contribution is 2.19. The summed E-state index contributed by atoms with van der Waals surface area (Å²) in [5, 5.41) is 4.16. The summed E-state index contributed by atoms with van der Waals surface area (Å²) in [7, 11) is 0. The zero-order valence-electron chi connectivity index (χ0n) is 11.9. The molecule has 4 heteroatoms. The van der Waals surface area contributed by atoms with Crippen molar-refractivity contribution in [3.8, 4) is 5.75 Å². The summed E-state index contributed by atoms with van der Waals surface area (Å²) in [4.78, 5) is 0. The SMILES string of the molecule is CCCNC(COc1cccc(Cl)c1)C1=CCCCO1. The van der Waals surface area contributed by atoms with Crippen LogP contribution < -0.4 is 10.1 Å². The van der Waals surface area contributed by atoms with Crippen LogP contribution in [-0.2, 0) is 4.74 Å². The van der Waals surface area contributed by atoms with E-state index < -0.39 is 0 Å². The first-order valence-corrected chi connectivity index (χ1v) is 7.62. The van der Waals surface area contributed by atoms with Crippen LogP contribution in [0.5, 0.6) is 5.75 Å². The van der Waals surface area contributed by atoms with Crippen LogP contribution in [0.2, 0.25) is 5.02 Å². The number of allylic oxidation sites excluding steroid dienone is 1. The van der Waals surface area contributed by atoms with E-state index in [1.54, 1.807) is 0 Å². The first-order valence-electron chi connectivity index (χ1n) is 7.24. The lowest BCUT2D eigenvalue weighted by Crippen LogP contribution is -2.38. The predicted octanol–water partition coefficient (Wildman–Crippen LogP) is 3.78. The van der Waals surface area contributed by atoms with Gasteiger partial charge in [-0.3, -0.25) is 0 Å². The molecule has 0 bridgehead atoms. The highest BCUT2D eigenvalue weighted by atomic mass is 35.5. The molecular weight excluding hydrogens is 274 g/mol. The largest absolute Gasteiger partial charge is 0.496 e. The van der Waals surface area contributed by atoms with Gasteiger partial charge in [-0.15, -0.1) is 0 Å². The Kier molecular flexibility index (Phi) is 6.22. The molecule has 0 spiro atoms. The Hall–Kier alpha value is -1.19. The van der Waals surface area contributed by atoms with Crippen LogP contribution in [0.4, 0.5) is 0 Å². The molecule has 110 valence electrons. The number of benzene rings is 1. The van der Waals surface area contributed by atoms with Gasteiger partial charge < -0.3 is 14.8 Å². The molecule has 1 atom stereocenters. The van der Waals surface area contributed by atoms with Gasteiger partial charge in [0.05, 0.1) is 12.6 Å². The number of halogens is 1. The first-order chi connectivity index (χ1) is 9.79.